The van der Waals surface area contributed by atoms with Crippen molar-refractivity contribution in [3.8, 4) is 0 Å². The molecule has 0 spiro atoms. The molecule has 0 aromatic heterocycles. The van der Waals surface area contributed by atoms with Crippen molar-refractivity contribution in [2.75, 3.05) is 47.5 Å². The summed E-state index contributed by atoms with van der Waals surface area (Å²) >= 11 is 0. The second-order valence-corrected chi connectivity index (χ2v) is 22.0. The predicted octanol–water partition coefficient (Wildman–Crippen LogP) is 16.6. The van der Waals surface area contributed by atoms with Gasteiger partial charge < -0.3 is 33.3 Å². The first kappa shape index (κ1) is 68.8. The predicted molar refractivity (Wildman–Crippen MR) is 297 cm³/mol. The van der Waals surface area contributed by atoms with E-state index in [1.54, 1.807) is 0 Å². The molecule has 0 rings (SSSR count). The first-order chi connectivity index (χ1) is 34.6. The molecule has 9 heteroatoms. The Morgan fingerprint density at radius 1 is 0.423 bits per heavy atom. The van der Waals surface area contributed by atoms with E-state index in [4.69, 9.17) is 18.9 Å². The molecule has 0 heterocycles. The molecule has 0 N–H and O–H groups in total. The zero-order chi connectivity index (χ0) is 52.0. The van der Waals surface area contributed by atoms with E-state index < -0.39 is 24.3 Å². The maximum atomic E-state index is 12.8. The Morgan fingerprint density at radius 2 is 0.775 bits per heavy atom. The van der Waals surface area contributed by atoms with Crippen molar-refractivity contribution >= 4 is 17.9 Å². The van der Waals surface area contributed by atoms with Crippen molar-refractivity contribution in [1.29, 1.82) is 0 Å². The van der Waals surface area contributed by atoms with Crippen LogP contribution in [0.3, 0.4) is 0 Å². The number of carbonyl (C=O) groups is 3. The number of esters is 2. The van der Waals surface area contributed by atoms with Crippen molar-refractivity contribution in [3.05, 3.63) is 24.3 Å². The van der Waals surface area contributed by atoms with Crippen molar-refractivity contribution in [2.45, 2.75) is 309 Å². The summed E-state index contributed by atoms with van der Waals surface area (Å²) in [7, 11) is 5.92. The van der Waals surface area contributed by atoms with Crippen LogP contribution in [0.4, 0.5) is 0 Å². The van der Waals surface area contributed by atoms with Gasteiger partial charge >= 0.3 is 11.9 Å². The third-order valence-electron chi connectivity index (χ3n) is 13.7. The summed E-state index contributed by atoms with van der Waals surface area (Å²) in [6.07, 6.45) is 61.2. The first-order valence-electron chi connectivity index (χ1n) is 30.5. The van der Waals surface area contributed by atoms with Gasteiger partial charge in [0.15, 0.2) is 12.4 Å². The van der Waals surface area contributed by atoms with Crippen molar-refractivity contribution < 1.29 is 42.9 Å². The topological polar surface area (TPSA) is 111 Å². The van der Waals surface area contributed by atoms with Crippen LogP contribution in [0.25, 0.3) is 0 Å². The van der Waals surface area contributed by atoms with E-state index in [2.05, 4.69) is 38.2 Å². The van der Waals surface area contributed by atoms with E-state index in [9.17, 15) is 19.5 Å². The summed E-state index contributed by atoms with van der Waals surface area (Å²) in [4.78, 5) is 37.2. The number of aliphatic carboxylic acids is 1. The molecule has 0 fully saturated rings. The number of nitrogens with zero attached hydrogens (tertiary/aromatic N) is 1. The Labute approximate surface area is 439 Å². The molecule has 0 aliphatic carbocycles. The number of allylic oxidation sites excluding steroid dienone is 4. The molecule has 0 radical (unpaired) electrons. The number of rotatable bonds is 57. The number of quaternary nitrogens is 1. The lowest BCUT2D eigenvalue weighted by Gasteiger charge is -2.26. The average molecular weight is 1000 g/mol. The fourth-order valence-corrected chi connectivity index (χ4v) is 8.97. The Hall–Kier alpha value is -2.23. The van der Waals surface area contributed by atoms with Crippen LogP contribution in [0.2, 0.25) is 0 Å². The van der Waals surface area contributed by atoms with Gasteiger partial charge in [0.05, 0.1) is 40.3 Å². The van der Waals surface area contributed by atoms with Crippen molar-refractivity contribution in [1.82, 2.24) is 0 Å². The van der Waals surface area contributed by atoms with Crippen molar-refractivity contribution in [2.24, 2.45) is 0 Å². The van der Waals surface area contributed by atoms with Gasteiger partial charge in [0.2, 0.25) is 0 Å². The molecule has 0 aromatic carbocycles. The zero-order valence-corrected chi connectivity index (χ0v) is 47.6. The number of carboxylic acids is 1. The maximum Gasteiger partial charge on any atom is 0.306 e. The van der Waals surface area contributed by atoms with Gasteiger partial charge in [-0.05, 0) is 38.5 Å². The third kappa shape index (κ3) is 55.4. The minimum absolute atomic E-state index is 0.147. The smallest absolute Gasteiger partial charge is 0.306 e. The molecule has 2 unspecified atom stereocenters. The highest BCUT2D eigenvalue weighted by Gasteiger charge is 2.22. The highest BCUT2D eigenvalue weighted by atomic mass is 16.7. The van der Waals surface area contributed by atoms with Crippen LogP contribution in [-0.4, -0.2) is 82.3 Å². The van der Waals surface area contributed by atoms with Crippen LogP contribution in [-0.2, 0) is 33.3 Å². The van der Waals surface area contributed by atoms with Gasteiger partial charge in [0, 0.05) is 12.8 Å². The van der Waals surface area contributed by atoms with E-state index in [0.29, 0.717) is 23.9 Å². The summed E-state index contributed by atoms with van der Waals surface area (Å²) in [5.74, 6) is -2.29. The first-order valence-corrected chi connectivity index (χ1v) is 30.5. The lowest BCUT2D eigenvalue weighted by Crippen LogP contribution is -2.44. The fourth-order valence-electron chi connectivity index (χ4n) is 8.97. The Morgan fingerprint density at radius 3 is 1.15 bits per heavy atom. The minimum atomic E-state index is -1.62. The number of carboxylic acid groups (broad SMARTS) is 1. The normalized spacial score (nSPS) is 12.9. The summed E-state index contributed by atoms with van der Waals surface area (Å²) in [6.45, 7) is 4.73. The molecule has 0 bridgehead atoms. The van der Waals surface area contributed by atoms with Crippen LogP contribution in [0, 0.1) is 0 Å². The highest BCUT2D eigenvalue weighted by molar-refractivity contribution is 5.70. The molecule has 418 valence electrons. The SMILES string of the molecule is CCCC/C=C\C/C=C\CCCCCCCC(=O)OC(COC(=O)CCCCCCCCCCCCCCCCCCCCCCCCCCCCCCCCCC)COC(OCC[N+](C)(C)C)C(=O)[O-]. The molecule has 0 saturated carbocycles. The van der Waals surface area contributed by atoms with Gasteiger partial charge in [0.1, 0.15) is 13.2 Å². The van der Waals surface area contributed by atoms with Gasteiger partial charge in [-0.25, -0.2) is 0 Å². The monoisotopic (exact) mass is 1000 g/mol. The van der Waals surface area contributed by atoms with Crippen LogP contribution in [0.15, 0.2) is 24.3 Å². The van der Waals surface area contributed by atoms with Crippen LogP contribution < -0.4 is 5.11 Å². The molecule has 0 aromatic rings. The molecule has 0 saturated heterocycles. The number of ether oxygens (including phenoxy) is 4. The lowest BCUT2D eigenvalue weighted by atomic mass is 10.0. The largest absolute Gasteiger partial charge is 0.545 e. The van der Waals surface area contributed by atoms with Gasteiger partial charge in [-0.1, -0.05) is 269 Å². The van der Waals surface area contributed by atoms with Gasteiger partial charge in [-0.2, -0.15) is 0 Å². The van der Waals surface area contributed by atoms with E-state index >= 15 is 0 Å². The number of likely N-dealkylation sites (N-methyl/N-ethyl adjacent to an activating group) is 1. The standard InChI is InChI=1S/C62H117NO8/c1-6-8-10-12-14-16-18-20-22-23-24-25-26-27-28-29-30-31-32-33-34-35-36-37-38-39-41-42-44-46-48-50-52-59(64)69-56-58(57-70-62(61(66)67)68-55-54-63(3,4)5)71-60(65)53-51-49-47-45-43-40-21-19-17-15-13-11-9-7-2/h13,15,19,21,58,62H,6-12,14,16-18,20,22-57H2,1-5H3/b15-13-,21-19-. The highest BCUT2D eigenvalue weighted by Crippen LogP contribution is 2.18. The van der Waals surface area contributed by atoms with Crippen LogP contribution in [0.1, 0.15) is 296 Å². The van der Waals surface area contributed by atoms with Crippen LogP contribution in [0.5, 0.6) is 0 Å². The van der Waals surface area contributed by atoms with Gasteiger partial charge in [0.25, 0.3) is 0 Å². The van der Waals surface area contributed by atoms with Gasteiger partial charge in [-0.3, -0.25) is 9.59 Å². The summed E-state index contributed by atoms with van der Waals surface area (Å²) in [5.41, 5.74) is 0. The summed E-state index contributed by atoms with van der Waals surface area (Å²) < 4.78 is 22.7. The number of hydrogen-bond donors (Lipinski definition) is 0. The van der Waals surface area contributed by atoms with E-state index in [0.717, 1.165) is 64.2 Å². The molecule has 0 aliphatic heterocycles. The van der Waals surface area contributed by atoms with E-state index in [1.165, 1.54) is 199 Å². The summed E-state index contributed by atoms with van der Waals surface area (Å²) in [5, 5.41) is 11.8. The molecule has 71 heavy (non-hydrogen) atoms. The van der Waals surface area contributed by atoms with Gasteiger partial charge in [-0.15, -0.1) is 0 Å². The van der Waals surface area contributed by atoms with E-state index in [1.807, 2.05) is 21.1 Å². The third-order valence-corrected chi connectivity index (χ3v) is 13.7. The molecule has 0 aliphatic rings. The maximum absolute atomic E-state index is 12.8. The number of unbranched alkanes of at least 4 members (excludes halogenated alkanes) is 38. The Bertz CT molecular complexity index is 1210. The molecule has 9 nitrogen and oxygen atoms in total. The number of hydrogen-bond acceptors (Lipinski definition) is 8. The van der Waals surface area contributed by atoms with E-state index in [-0.39, 0.29) is 32.2 Å². The molecule has 0 amide bonds. The Kier molecular flexibility index (Phi) is 52.3. The molecule has 2 atom stereocenters. The molecular formula is C62H117NO8. The van der Waals surface area contributed by atoms with Crippen LogP contribution >= 0.6 is 0 Å². The zero-order valence-electron chi connectivity index (χ0n) is 47.6. The number of carbonyl (C=O) groups excluding carboxylic acids is 3. The quantitative estimate of drug-likeness (QED) is 0.0195. The summed E-state index contributed by atoms with van der Waals surface area (Å²) in [6, 6.07) is 0. The minimum Gasteiger partial charge on any atom is -0.545 e. The Balaban J connectivity index is 4.02. The second kappa shape index (κ2) is 54.0. The lowest BCUT2D eigenvalue weighted by molar-refractivity contribution is -0.870. The van der Waals surface area contributed by atoms with Crippen molar-refractivity contribution in [3.63, 3.8) is 0 Å². The second-order valence-electron chi connectivity index (χ2n) is 22.0. The fraction of sp³-hybridized carbons (Fsp3) is 0.887. The average Bonchev–Trinajstić information content (AvgIpc) is 3.34. The molecular weight excluding hydrogens is 887 g/mol.